The Morgan fingerprint density at radius 2 is 1.85 bits per heavy atom. The molecule has 0 unspecified atom stereocenters. The van der Waals surface area contributed by atoms with Crippen LogP contribution >= 0.6 is 0 Å². The molecule has 6 bridgehead atoms. The Labute approximate surface area is 191 Å². The molecule has 6 rings (SSSR count). The second-order valence-corrected chi connectivity index (χ2v) is 8.90. The molecule has 33 heavy (non-hydrogen) atoms. The van der Waals surface area contributed by atoms with Crippen LogP contribution in [0.5, 0.6) is 0 Å². The van der Waals surface area contributed by atoms with Crippen molar-refractivity contribution in [3.05, 3.63) is 54.5 Å². The molecule has 4 aromatic heterocycles. The third-order valence-corrected chi connectivity index (χ3v) is 6.39. The number of rotatable bonds is 0. The van der Waals surface area contributed by atoms with Crippen molar-refractivity contribution in [1.82, 2.24) is 35.0 Å². The molecule has 0 fully saturated rings. The van der Waals surface area contributed by atoms with Gasteiger partial charge >= 0.3 is 0 Å². The average molecular weight is 439 g/mol. The van der Waals surface area contributed by atoms with Gasteiger partial charge in [0.05, 0.1) is 11.0 Å². The lowest BCUT2D eigenvalue weighted by Gasteiger charge is -2.20. The number of H-pyrrole nitrogens is 2. The zero-order valence-corrected chi connectivity index (χ0v) is 18.8. The Kier molecular flexibility index (Phi) is 4.80. The maximum absolute atomic E-state index is 4.93. The summed E-state index contributed by atoms with van der Waals surface area (Å²) in [5, 5.41) is 8.78. The number of hydrogen-bond acceptors (Lipinski definition) is 6. The van der Waals surface area contributed by atoms with E-state index in [0.717, 1.165) is 82.9 Å². The van der Waals surface area contributed by atoms with Crippen molar-refractivity contribution in [2.45, 2.75) is 19.4 Å². The quantitative estimate of drug-likeness (QED) is 0.376. The lowest BCUT2D eigenvalue weighted by atomic mass is 10.0. The summed E-state index contributed by atoms with van der Waals surface area (Å²) in [5.41, 5.74) is 7.05. The van der Waals surface area contributed by atoms with Crippen LogP contribution < -0.4 is 4.90 Å². The standard InChI is InChI=1S/C25H26N8/c1-32-9-3-4-10-33(2)25-23-21(7-8-27-25)28-24(29-23)22-19-12-17(5-6-20(19)30-31-22)18-11-16(15-32)13-26-14-18/h5-8,11-14H,3-4,9-10,15H2,1-2H3,(H,28,29)(H,30,31). The molecule has 5 aromatic rings. The maximum Gasteiger partial charge on any atom is 0.159 e. The molecule has 1 aromatic carbocycles. The van der Waals surface area contributed by atoms with Crippen molar-refractivity contribution in [2.75, 3.05) is 32.1 Å². The van der Waals surface area contributed by atoms with E-state index in [-0.39, 0.29) is 0 Å². The number of benzene rings is 1. The van der Waals surface area contributed by atoms with E-state index in [1.165, 1.54) is 5.56 Å². The minimum atomic E-state index is 0.741. The van der Waals surface area contributed by atoms with Crippen molar-refractivity contribution >= 4 is 27.8 Å². The van der Waals surface area contributed by atoms with Gasteiger partial charge in [-0.3, -0.25) is 10.1 Å². The third-order valence-electron chi connectivity index (χ3n) is 6.39. The first kappa shape index (κ1) is 19.9. The summed E-state index contributed by atoms with van der Waals surface area (Å²) >= 11 is 0. The number of imidazole rings is 1. The molecule has 8 heteroatoms. The highest BCUT2D eigenvalue weighted by molar-refractivity contribution is 5.97. The Balaban J connectivity index is 1.53. The van der Waals surface area contributed by atoms with E-state index in [9.17, 15) is 0 Å². The fourth-order valence-corrected chi connectivity index (χ4v) is 4.65. The van der Waals surface area contributed by atoms with Crippen molar-refractivity contribution in [2.24, 2.45) is 0 Å². The summed E-state index contributed by atoms with van der Waals surface area (Å²) in [6.07, 6.45) is 7.93. The average Bonchev–Trinajstić information content (AvgIpc) is 3.44. The fraction of sp³-hybridized carbons (Fsp3) is 0.280. The van der Waals surface area contributed by atoms with Gasteiger partial charge in [-0.25, -0.2) is 9.97 Å². The molecule has 1 aliphatic rings. The molecule has 0 radical (unpaired) electrons. The normalized spacial score (nSPS) is 15.4. The zero-order chi connectivity index (χ0) is 22.4. The van der Waals surface area contributed by atoms with Gasteiger partial charge in [-0.05, 0) is 61.8 Å². The fourth-order valence-electron chi connectivity index (χ4n) is 4.65. The largest absolute Gasteiger partial charge is 0.358 e. The van der Waals surface area contributed by atoms with E-state index in [1.54, 1.807) is 0 Å². The number of pyridine rings is 2. The molecule has 8 nitrogen and oxygen atoms in total. The van der Waals surface area contributed by atoms with E-state index < -0.39 is 0 Å². The highest BCUT2D eigenvalue weighted by atomic mass is 15.2. The van der Waals surface area contributed by atoms with Crippen LogP contribution in [-0.2, 0) is 6.54 Å². The zero-order valence-electron chi connectivity index (χ0n) is 18.8. The summed E-state index contributed by atoms with van der Waals surface area (Å²) < 4.78 is 0. The lowest BCUT2D eigenvalue weighted by Crippen LogP contribution is -2.23. The number of hydrogen-bond donors (Lipinski definition) is 2. The van der Waals surface area contributed by atoms with Crippen LogP contribution in [0.25, 0.3) is 44.6 Å². The summed E-state index contributed by atoms with van der Waals surface area (Å²) in [6, 6.07) is 10.6. The van der Waals surface area contributed by atoms with Gasteiger partial charge in [0.15, 0.2) is 11.6 Å². The van der Waals surface area contributed by atoms with Crippen molar-refractivity contribution in [1.29, 1.82) is 0 Å². The highest BCUT2D eigenvalue weighted by Crippen LogP contribution is 2.32. The van der Waals surface area contributed by atoms with Gasteiger partial charge in [-0.2, -0.15) is 5.10 Å². The van der Waals surface area contributed by atoms with E-state index in [2.05, 4.69) is 73.3 Å². The number of anilines is 1. The predicted molar refractivity (Wildman–Crippen MR) is 131 cm³/mol. The first-order chi connectivity index (χ1) is 16.2. The van der Waals surface area contributed by atoms with Crippen molar-refractivity contribution < 1.29 is 0 Å². The van der Waals surface area contributed by atoms with Crippen molar-refractivity contribution in [3.63, 3.8) is 0 Å². The van der Waals surface area contributed by atoms with Crippen LogP contribution in [-0.4, -0.2) is 62.2 Å². The first-order valence-electron chi connectivity index (χ1n) is 11.3. The molecule has 0 atom stereocenters. The summed E-state index contributed by atoms with van der Waals surface area (Å²) in [6.45, 7) is 2.84. The molecule has 1 aliphatic heterocycles. The van der Waals surface area contributed by atoms with Crippen molar-refractivity contribution in [3.8, 4) is 22.6 Å². The first-order valence-corrected chi connectivity index (χ1v) is 11.3. The number of aromatic nitrogens is 6. The van der Waals surface area contributed by atoms with Gasteiger partial charge in [0.1, 0.15) is 11.2 Å². The molecule has 0 spiro atoms. The smallest absolute Gasteiger partial charge is 0.159 e. The number of fused-ring (bicyclic) bond motifs is 6. The molecule has 5 heterocycles. The van der Waals surface area contributed by atoms with E-state index in [1.807, 2.05) is 24.7 Å². The van der Waals surface area contributed by atoms with Crippen LogP contribution in [0.3, 0.4) is 0 Å². The second-order valence-electron chi connectivity index (χ2n) is 8.90. The number of nitrogens with zero attached hydrogens (tertiary/aromatic N) is 6. The molecule has 2 N–H and O–H groups in total. The summed E-state index contributed by atoms with van der Waals surface area (Å²) in [5.74, 6) is 1.64. The summed E-state index contributed by atoms with van der Waals surface area (Å²) in [4.78, 5) is 22.1. The lowest BCUT2D eigenvalue weighted by molar-refractivity contribution is 0.319. The minimum Gasteiger partial charge on any atom is -0.358 e. The molecule has 0 saturated carbocycles. The number of nitrogens with one attached hydrogen (secondary N) is 2. The Morgan fingerprint density at radius 3 is 2.79 bits per heavy atom. The van der Waals surface area contributed by atoms with E-state index in [4.69, 9.17) is 4.98 Å². The van der Waals surface area contributed by atoms with Gasteiger partial charge in [-0.1, -0.05) is 6.07 Å². The highest BCUT2D eigenvalue weighted by Gasteiger charge is 2.17. The third kappa shape index (κ3) is 3.62. The van der Waals surface area contributed by atoms with Crippen LogP contribution in [0.4, 0.5) is 5.82 Å². The van der Waals surface area contributed by atoms with Gasteiger partial charge in [-0.15, -0.1) is 0 Å². The molecule has 0 saturated heterocycles. The van der Waals surface area contributed by atoms with Crippen LogP contribution in [0.15, 0.2) is 48.9 Å². The maximum atomic E-state index is 4.93. The molecule has 0 aliphatic carbocycles. The Bertz CT molecular complexity index is 1450. The molecular weight excluding hydrogens is 412 g/mol. The Morgan fingerprint density at radius 1 is 0.939 bits per heavy atom. The number of aromatic amines is 2. The SMILES string of the molecule is CN1CCCCN(C)c2nccc3[nH]c(nc23)-c2n[nH]c3ccc(cc23)-c2cncc(c2)C1. The van der Waals surface area contributed by atoms with Gasteiger partial charge in [0.2, 0.25) is 0 Å². The van der Waals surface area contributed by atoms with Gasteiger partial charge in [0.25, 0.3) is 0 Å². The van der Waals surface area contributed by atoms with Crippen LogP contribution in [0.1, 0.15) is 18.4 Å². The monoisotopic (exact) mass is 438 g/mol. The Hall–Kier alpha value is -3.78. The molecular formula is C25H26N8. The predicted octanol–water partition coefficient (Wildman–Crippen LogP) is 4.23. The van der Waals surface area contributed by atoms with E-state index in [0.29, 0.717) is 0 Å². The summed E-state index contributed by atoms with van der Waals surface area (Å²) in [7, 11) is 4.26. The van der Waals surface area contributed by atoms with Gasteiger partial charge in [0, 0.05) is 49.7 Å². The van der Waals surface area contributed by atoms with Crippen LogP contribution in [0, 0.1) is 0 Å². The minimum absolute atomic E-state index is 0.741. The van der Waals surface area contributed by atoms with Gasteiger partial charge < -0.3 is 14.8 Å². The van der Waals surface area contributed by atoms with E-state index >= 15 is 0 Å². The van der Waals surface area contributed by atoms with Crippen LogP contribution in [0.2, 0.25) is 0 Å². The topological polar surface area (TPSA) is 89.6 Å². The second kappa shape index (κ2) is 7.97. The molecule has 0 amide bonds. The molecule has 166 valence electrons.